The fourth-order valence-corrected chi connectivity index (χ4v) is 10.6. The molecule has 0 radical (unpaired) electrons. The summed E-state index contributed by atoms with van der Waals surface area (Å²) < 4.78 is 202. The van der Waals surface area contributed by atoms with Crippen molar-refractivity contribution in [2.75, 3.05) is 38.0 Å². The normalized spacial score (nSPS) is 15.1. The van der Waals surface area contributed by atoms with Crippen LogP contribution in [0.5, 0.6) is 0 Å². The largest absolute Gasteiger partial charge is 0.466 e. The first kappa shape index (κ1) is 103. The maximum absolute atomic E-state index is 12.9. The van der Waals surface area contributed by atoms with Gasteiger partial charge in [0.25, 0.3) is 5.91 Å². The molecular weight excluding hydrogens is 1690 g/mol. The summed E-state index contributed by atoms with van der Waals surface area (Å²) in [6.07, 6.45) is -19.6. The van der Waals surface area contributed by atoms with Gasteiger partial charge in [-0.05, 0) is 76.8 Å². The van der Waals surface area contributed by atoms with E-state index in [1.54, 1.807) is 19.1 Å². The van der Waals surface area contributed by atoms with E-state index in [-0.39, 0.29) is 71.6 Å². The molecule has 2 aliphatic rings. The summed E-state index contributed by atoms with van der Waals surface area (Å²) in [7, 11) is 1.00. The summed E-state index contributed by atoms with van der Waals surface area (Å²) >= 11 is 4.95. The molecule has 0 saturated carbocycles. The van der Waals surface area contributed by atoms with Gasteiger partial charge in [-0.15, -0.1) is 26.3 Å². The van der Waals surface area contributed by atoms with Crippen molar-refractivity contribution < 1.29 is 138 Å². The van der Waals surface area contributed by atoms with Crippen LogP contribution < -0.4 is 0 Å². The predicted octanol–water partition coefficient (Wildman–Crippen LogP) is 15.9. The Bertz CT molecular complexity index is 3070. The minimum atomic E-state index is -4.95. The number of amides is 4. The molecule has 4 rings (SSSR count). The zero-order chi connectivity index (χ0) is 80.3. The number of benzene rings is 2. The van der Waals surface area contributed by atoms with E-state index in [0.29, 0.717) is 36.4 Å². The first-order chi connectivity index (χ1) is 48.0. The van der Waals surface area contributed by atoms with Crippen LogP contribution in [0.15, 0.2) is 171 Å². The summed E-state index contributed by atoms with van der Waals surface area (Å²) in [5.41, 5.74) is -1.21. The molecule has 578 valence electrons. The third-order valence-corrected chi connectivity index (χ3v) is 17.6. The number of alkyl halides is 16. The number of ketones is 2. The molecule has 17 nitrogen and oxygen atoms in total. The quantitative estimate of drug-likeness (QED) is 0.0110. The van der Waals surface area contributed by atoms with Crippen LogP contribution in [0.4, 0.5) is 75.4 Å². The average Bonchev–Trinajstić information content (AvgIpc) is 1.70. The minimum absolute atomic E-state index is 0.0354. The third kappa shape index (κ3) is 47.3. The van der Waals surface area contributed by atoms with Gasteiger partial charge in [-0.1, -0.05) is 133 Å². The summed E-state index contributed by atoms with van der Waals surface area (Å²) in [5.74, 6) is -5.92. The number of imide groups is 2. The molecule has 0 aromatic heterocycles. The molecule has 0 unspecified atom stereocenters. The molecule has 0 aliphatic carbocycles. The molecule has 0 bridgehead atoms. The molecule has 3 N–H and O–H groups in total. The summed E-state index contributed by atoms with van der Waals surface area (Å²) in [6.45, 7) is 22.6. The Morgan fingerprint density at radius 1 is 0.583 bits per heavy atom. The van der Waals surface area contributed by atoms with Gasteiger partial charge in [-0.25, -0.2) is 24.2 Å². The monoisotopic (exact) mass is 1770 g/mol. The topological polar surface area (TPSA) is 241 Å². The minimum Gasteiger partial charge on any atom is -0.466 e. The zero-order valence-electron chi connectivity index (χ0n) is 56.9. The van der Waals surface area contributed by atoms with Gasteiger partial charge in [0.05, 0.1) is 25.3 Å². The SMILES string of the molecule is C=CC/C(=C\C(=O)OCC)C(F)(F)F.C=CC/C(=C\CI)C(F)(F)F.C=CC/C(=C\C[C@H](O)C(=O)N1C(=O)OC[C@H]1Cc1ccccc1)C(F)(F)F.C=CC/C(=C\C[C@H](O)C(C)=O)C(F)(F)F.C=C[CH2][InH][Br].CCC(=O)N1C(=O)OC[C@H]1Cc1ccccc1.CCOC(=O)CC(=O)C(F)(F)F.CO. The number of carbonyl (C=O) groups is 8. The summed E-state index contributed by atoms with van der Waals surface area (Å²) in [6, 6.07) is 18.1. The van der Waals surface area contributed by atoms with Crippen molar-refractivity contribution in [1.29, 1.82) is 0 Å². The molecule has 2 heterocycles. The zero-order valence-corrected chi connectivity index (χ0v) is 64.7. The molecule has 2 saturated heterocycles. The van der Waals surface area contributed by atoms with Crippen molar-refractivity contribution in [2.24, 2.45) is 0 Å². The second-order valence-electron chi connectivity index (χ2n) is 20.2. The molecule has 35 heteroatoms. The van der Waals surface area contributed by atoms with E-state index in [9.17, 15) is 109 Å². The molecule has 0 spiro atoms. The van der Waals surface area contributed by atoms with Crippen molar-refractivity contribution in [1.82, 2.24) is 9.80 Å². The predicted molar refractivity (Wildman–Crippen MR) is 369 cm³/mol. The smallest absolute Gasteiger partial charge is 0.450 e. The van der Waals surface area contributed by atoms with Crippen LogP contribution in [-0.4, -0.2) is 186 Å². The Morgan fingerprint density at radius 2 is 0.951 bits per heavy atom. The van der Waals surface area contributed by atoms with Gasteiger partial charge in [-0.3, -0.25) is 24.0 Å². The number of aliphatic hydroxyl groups excluding tert-OH is 3. The van der Waals surface area contributed by atoms with Gasteiger partial charge in [0.2, 0.25) is 11.7 Å². The molecule has 2 aromatic rings. The van der Waals surface area contributed by atoms with E-state index in [0.717, 1.165) is 60.4 Å². The fourth-order valence-electron chi connectivity index (χ4n) is 7.44. The van der Waals surface area contributed by atoms with Crippen LogP contribution in [0, 0.1) is 0 Å². The van der Waals surface area contributed by atoms with E-state index in [2.05, 4.69) is 54.7 Å². The van der Waals surface area contributed by atoms with Gasteiger partial charge in [-0.2, -0.15) is 65.9 Å². The number of halogens is 17. The molecule has 2 aromatic carbocycles. The van der Waals surface area contributed by atoms with Gasteiger partial charge in [0.15, 0.2) is 5.78 Å². The Hall–Kier alpha value is -6.83. The average molecular weight is 1780 g/mol. The van der Waals surface area contributed by atoms with Crippen molar-refractivity contribution in [3.63, 3.8) is 0 Å². The van der Waals surface area contributed by atoms with E-state index >= 15 is 0 Å². The maximum Gasteiger partial charge on any atom is 0.450 e. The first-order valence-electron chi connectivity index (χ1n) is 30.5. The molecular formula is C68H84BrF15IInN2O15. The number of hydrogen-bond donors (Lipinski definition) is 3. The molecule has 4 atom stereocenters. The number of Topliss-reactive ketones (excluding diaryl/α,β-unsaturated/α-hetero) is 2. The van der Waals surface area contributed by atoms with Crippen LogP contribution >= 0.6 is 34.9 Å². The van der Waals surface area contributed by atoms with E-state index in [4.69, 9.17) is 19.7 Å². The summed E-state index contributed by atoms with van der Waals surface area (Å²) in [4.78, 5) is 91.2. The number of esters is 2. The number of carbonyl (C=O) groups excluding carboxylic acids is 8. The van der Waals surface area contributed by atoms with Crippen molar-refractivity contribution in [3.05, 3.63) is 182 Å². The number of aliphatic hydroxyl groups is 3. The van der Waals surface area contributed by atoms with Gasteiger partial charge in [0, 0.05) is 52.7 Å². The van der Waals surface area contributed by atoms with Crippen molar-refractivity contribution in [3.8, 4) is 0 Å². The van der Waals surface area contributed by atoms with E-state index < -0.39 is 139 Å². The van der Waals surface area contributed by atoms with Crippen molar-refractivity contribution >= 4 is 103 Å². The maximum atomic E-state index is 12.9. The standard InChI is InChI=1S/C19H20F3NO4.C13H15NO3.C10H13F3O2.C9H11F3O2.C7H8F3I.C6H7F3O3.C3H5.CH4O.BrH.In.H/c1-2-6-14(19(20,21)22)9-10-16(24)17(25)23-15(12-27-18(23)26)11-13-7-4-3-5-8-13;1-2-12(15)14-11(9-17-13(14)16)8-10-6-4-3-5-7-10;1-3-4-8(10(11,12)13)5-6-9(15)7(2)14;1-3-5-7(9(10,11)12)6-8(13)14-4-2;1-2-3-6(4-5-11)7(8,9)10;1-2-12-5(11)3-4(10)6(7,8)9;1-3-2;1-2;;;/h2-5,7-9,15-16,24H,1,6,10-12H2;3-7,11H,2,8-9H2,1H3;3,5,9,15H,1,4,6H2,2H3;3,6H,1,4-5H2,2H3;2,4H,1,3,5H2;2-3H2,1H3;3H,1-2H2;2H,1H3;1H;;/q;;;;;;;;;+1;/p-1/b14-9+;;8-5+;7-6+;6-4+;;;;;;/t15-,16+;11-;9-;;;;;;;;/m110......../s1. The fraction of sp³-hybridized carbons (Fsp3) is 0.441. The van der Waals surface area contributed by atoms with Crippen LogP contribution in [0.25, 0.3) is 0 Å². The Labute approximate surface area is 618 Å². The second kappa shape index (κ2) is 55.6. The number of nitrogens with zero attached hydrogens (tertiary/aromatic N) is 2. The molecule has 103 heavy (non-hydrogen) atoms. The van der Waals surface area contributed by atoms with E-state index in [1.165, 1.54) is 35.1 Å². The van der Waals surface area contributed by atoms with Crippen LogP contribution in [0.1, 0.15) is 90.2 Å². The third-order valence-electron chi connectivity index (χ3n) is 12.3. The number of rotatable bonds is 27. The van der Waals surface area contributed by atoms with Gasteiger partial charge >= 0.3 is 105 Å². The first-order valence-corrected chi connectivity index (χ1v) is 43.9. The Morgan fingerprint density at radius 3 is 1.27 bits per heavy atom. The molecule has 2 aliphatic heterocycles. The van der Waals surface area contributed by atoms with Crippen LogP contribution in [0.2, 0.25) is 4.18 Å². The summed E-state index contributed by atoms with van der Waals surface area (Å²) in [5, 5.41) is 26.0. The number of allylic oxidation sites excluding steroid dienone is 10. The van der Waals surface area contributed by atoms with Crippen molar-refractivity contribution in [2.45, 2.75) is 151 Å². The van der Waals surface area contributed by atoms with E-state index in [1.807, 2.05) is 77.2 Å². The van der Waals surface area contributed by atoms with Gasteiger partial charge in [0.1, 0.15) is 31.8 Å². The Kier molecular flexibility index (Phi) is 55.4. The number of ether oxygens (including phenoxy) is 4. The second-order valence-corrected chi connectivity index (χ2v) is 29.1. The van der Waals surface area contributed by atoms with Crippen LogP contribution in [-0.2, 0) is 60.6 Å². The number of hydrogen-bond acceptors (Lipinski definition) is 15. The Balaban J connectivity index is -0.000000576. The molecule has 4 amide bonds. The number of cyclic esters (lactones) is 2. The van der Waals surface area contributed by atoms with Gasteiger partial charge < -0.3 is 34.3 Å². The van der Waals surface area contributed by atoms with Crippen LogP contribution in [0.3, 0.4) is 0 Å². The molecule has 2 fully saturated rings.